The monoisotopic (exact) mass is 272 g/mol. The van der Waals surface area contributed by atoms with Gasteiger partial charge in [0.25, 0.3) is 0 Å². The molecule has 1 heterocycles. The number of halogens is 2. The average molecular weight is 273 g/mol. The molecule has 0 amide bonds. The fourth-order valence-corrected chi connectivity index (χ4v) is 2.67. The highest BCUT2D eigenvalue weighted by Gasteiger charge is 2.17. The fraction of sp³-hybridized carbons (Fsp3) is 0.538. The first-order chi connectivity index (χ1) is 8.18. The van der Waals surface area contributed by atoms with E-state index in [-0.39, 0.29) is 0 Å². The van der Waals surface area contributed by atoms with Gasteiger partial charge in [-0.3, -0.25) is 4.90 Å². The topological polar surface area (TPSA) is 15.3 Å². The zero-order chi connectivity index (χ0) is 12.3. The largest absolute Gasteiger partial charge is 0.314 e. The minimum Gasteiger partial charge on any atom is -0.314 e. The Morgan fingerprint density at radius 2 is 2.00 bits per heavy atom. The predicted octanol–water partition coefficient (Wildman–Crippen LogP) is 2.83. The van der Waals surface area contributed by atoms with Gasteiger partial charge in [0.15, 0.2) is 0 Å². The molecule has 1 aliphatic rings. The summed E-state index contributed by atoms with van der Waals surface area (Å²) in [5, 5.41) is 4.72. The summed E-state index contributed by atoms with van der Waals surface area (Å²) in [6.07, 6.45) is 0.958. The molecule has 1 aromatic rings. The van der Waals surface area contributed by atoms with Crippen LogP contribution >= 0.6 is 23.2 Å². The lowest BCUT2D eigenvalue weighted by molar-refractivity contribution is 0.183. The number of benzene rings is 1. The van der Waals surface area contributed by atoms with Crippen molar-refractivity contribution in [3.8, 4) is 0 Å². The standard InChI is InChI=1S/C13H18Cl2N2/c1-10(17-7-5-16-6-8-17)9-11-3-2-4-12(14)13(11)15/h2-4,10,16H,5-9H2,1H3. The van der Waals surface area contributed by atoms with E-state index in [0.717, 1.165) is 38.2 Å². The Hall–Kier alpha value is -0.280. The van der Waals surface area contributed by atoms with Crippen molar-refractivity contribution in [1.29, 1.82) is 0 Å². The molecule has 0 aliphatic carbocycles. The van der Waals surface area contributed by atoms with Crippen LogP contribution in [0.5, 0.6) is 0 Å². The highest BCUT2D eigenvalue weighted by atomic mass is 35.5. The van der Waals surface area contributed by atoms with E-state index in [0.29, 0.717) is 16.1 Å². The van der Waals surface area contributed by atoms with Crippen molar-refractivity contribution >= 4 is 23.2 Å². The molecule has 1 atom stereocenters. The number of nitrogens with one attached hydrogen (secondary N) is 1. The van der Waals surface area contributed by atoms with Crippen molar-refractivity contribution in [2.24, 2.45) is 0 Å². The summed E-state index contributed by atoms with van der Waals surface area (Å²) < 4.78 is 0. The second-order valence-corrected chi connectivity index (χ2v) is 5.34. The molecule has 2 nitrogen and oxygen atoms in total. The third-order valence-electron chi connectivity index (χ3n) is 3.32. The van der Waals surface area contributed by atoms with Gasteiger partial charge in [-0.15, -0.1) is 0 Å². The Morgan fingerprint density at radius 1 is 1.29 bits per heavy atom. The van der Waals surface area contributed by atoms with Gasteiger partial charge >= 0.3 is 0 Å². The van der Waals surface area contributed by atoms with Gasteiger partial charge in [-0.2, -0.15) is 0 Å². The highest BCUT2D eigenvalue weighted by molar-refractivity contribution is 6.42. The lowest BCUT2D eigenvalue weighted by Gasteiger charge is -2.33. The third-order valence-corrected chi connectivity index (χ3v) is 4.18. The van der Waals surface area contributed by atoms with Crippen molar-refractivity contribution in [1.82, 2.24) is 10.2 Å². The molecule has 0 bridgehead atoms. The number of hydrogen-bond acceptors (Lipinski definition) is 2. The summed E-state index contributed by atoms with van der Waals surface area (Å²) >= 11 is 12.2. The van der Waals surface area contributed by atoms with Crippen molar-refractivity contribution in [2.45, 2.75) is 19.4 Å². The summed E-state index contributed by atoms with van der Waals surface area (Å²) in [5.74, 6) is 0. The fourth-order valence-electron chi connectivity index (χ4n) is 2.28. The third kappa shape index (κ3) is 3.35. The van der Waals surface area contributed by atoms with Crippen LogP contribution in [-0.2, 0) is 6.42 Å². The van der Waals surface area contributed by atoms with Crippen LogP contribution in [0.2, 0.25) is 10.0 Å². The van der Waals surface area contributed by atoms with Crippen LogP contribution in [0.4, 0.5) is 0 Å². The van der Waals surface area contributed by atoms with Crippen LogP contribution < -0.4 is 5.32 Å². The summed E-state index contributed by atoms with van der Waals surface area (Å²) in [5.41, 5.74) is 1.14. The second kappa shape index (κ2) is 6.05. The average Bonchev–Trinajstić information content (AvgIpc) is 2.36. The lowest BCUT2D eigenvalue weighted by atomic mass is 10.1. The Balaban J connectivity index is 2.01. The van der Waals surface area contributed by atoms with Crippen molar-refractivity contribution in [3.63, 3.8) is 0 Å². The van der Waals surface area contributed by atoms with E-state index in [9.17, 15) is 0 Å². The molecular formula is C13H18Cl2N2. The number of rotatable bonds is 3. The lowest BCUT2D eigenvalue weighted by Crippen LogP contribution is -2.48. The van der Waals surface area contributed by atoms with E-state index >= 15 is 0 Å². The van der Waals surface area contributed by atoms with Gasteiger partial charge < -0.3 is 5.32 Å². The van der Waals surface area contributed by atoms with Gasteiger partial charge in [-0.05, 0) is 25.0 Å². The van der Waals surface area contributed by atoms with Crippen LogP contribution in [0, 0.1) is 0 Å². The quantitative estimate of drug-likeness (QED) is 0.911. The molecule has 1 saturated heterocycles. The molecule has 1 unspecified atom stereocenters. The van der Waals surface area contributed by atoms with Gasteiger partial charge in [0.05, 0.1) is 10.0 Å². The van der Waals surface area contributed by atoms with Crippen molar-refractivity contribution < 1.29 is 0 Å². The van der Waals surface area contributed by atoms with Crippen LogP contribution in [-0.4, -0.2) is 37.1 Å². The molecule has 1 aliphatic heterocycles. The molecule has 0 aromatic heterocycles. The molecule has 0 saturated carbocycles. The Bertz CT molecular complexity index is 376. The second-order valence-electron chi connectivity index (χ2n) is 4.55. The minimum absolute atomic E-state index is 0.507. The van der Waals surface area contributed by atoms with Gasteiger partial charge in [-0.1, -0.05) is 35.3 Å². The number of piperazine rings is 1. The van der Waals surface area contributed by atoms with E-state index in [1.54, 1.807) is 0 Å². The normalized spacial score (nSPS) is 19.2. The van der Waals surface area contributed by atoms with Gasteiger partial charge in [0.1, 0.15) is 0 Å². The summed E-state index contributed by atoms with van der Waals surface area (Å²) in [4.78, 5) is 2.49. The van der Waals surface area contributed by atoms with Crippen LogP contribution in [0.25, 0.3) is 0 Å². The van der Waals surface area contributed by atoms with E-state index in [2.05, 4.69) is 23.2 Å². The first-order valence-electron chi connectivity index (χ1n) is 6.06. The zero-order valence-electron chi connectivity index (χ0n) is 10.0. The minimum atomic E-state index is 0.507. The summed E-state index contributed by atoms with van der Waals surface area (Å²) in [7, 11) is 0. The molecule has 1 fully saturated rings. The maximum Gasteiger partial charge on any atom is 0.0624 e. The van der Waals surface area contributed by atoms with Crippen molar-refractivity contribution in [2.75, 3.05) is 26.2 Å². The molecule has 0 radical (unpaired) electrons. The maximum atomic E-state index is 6.21. The SMILES string of the molecule is CC(Cc1cccc(Cl)c1Cl)N1CCNCC1. The Kier molecular flexibility index (Phi) is 4.69. The van der Waals surface area contributed by atoms with Gasteiger partial charge in [0.2, 0.25) is 0 Å². The summed E-state index contributed by atoms with van der Waals surface area (Å²) in [6.45, 7) is 6.63. The molecule has 1 N–H and O–H groups in total. The van der Waals surface area contributed by atoms with Crippen LogP contribution in [0.1, 0.15) is 12.5 Å². The van der Waals surface area contributed by atoms with Gasteiger partial charge in [-0.25, -0.2) is 0 Å². The van der Waals surface area contributed by atoms with E-state index in [1.807, 2.05) is 12.1 Å². The van der Waals surface area contributed by atoms with Crippen molar-refractivity contribution in [3.05, 3.63) is 33.8 Å². The van der Waals surface area contributed by atoms with Gasteiger partial charge in [0, 0.05) is 32.2 Å². The molecule has 4 heteroatoms. The molecule has 2 rings (SSSR count). The Labute approximate surface area is 113 Å². The summed E-state index contributed by atoms with van der Waals surface area (Å²) in [6, 6.07) is 6.37. The van der Waals surface area contributed by atoms with Crippen LogP contribution in [0.15, 0.2) is 18.2 Å². The first-order valence-corrected chi connectivity index (χ1v) is 6.81. The zero-order valence-corrected chi connectivity index (χ0v) is 11.6. The van der Waals surface area contributed by atoms with E-state index in [1.165, 1.54) is 0 Å². The molecular weight excluding hydrogens is 255 g/mol. The molecule has 0 spiro atoms. The molecule has 94 valence electrons. The first kappa shape index (κ1) is 13.2. The van der Waals surface area contributed by atoms with E-state index in [4.69, 9.17) is 23.2 Å². The number of nitrogens with zero attached hydrogens (tertiary/aromatic N) is 1. The maximum absolute atomic E-state index is 6.21. The highest BCUT2D eigenvalue weighted by Crippen LogP contribution is 2.27. The number of hydrogen-bond donors (Lipinski definition) is 1. The van der Waals surface area contributed by atoms with E-state index < -0.39 is 0 Å². The predicted molar refractivity (Wildman–Crippen MR) is 74.1 cm³/mol. The smallest absolute Gasteiger partial charge is 0.0624 e. The molecule has 17 heavy (non-hydrogen) atoms. The Morgan fingerprint density at radius 3 is 2.71 bits per heavy atom. The van der Waals surface area contributed by atoms with Crippen LogP contribution in [0.3, 0.4) is 0 Å². The molecule has 1 aromatic carbocycles.